The Morgan fingerprint density at radius 3 is 2.21 bits per heavy atom. The molecular weight excluding hydrogens is 312 g/mol. The Kier molecular flexibility index (Phi) is 5.57. The van der Waals surface area contributed by atoms with Crippen molar-refractivity contribution >= 4 is 18.0 Å². The van der Waals surface area contributed by atoms with Crippen LogP contribution in [0, 0.1) is 0 Å². The maximum absolute atomic E-state index is 11.0. The lowest BCUT2D eigenvalue weighted by Crippen LogP contribution is -2.11. The first-order valence-electron chi connectivity index (χ1n) is 7.04. The van der Waals surface area contributed by atoms with Crippen LogP contribution < -0.4 is 9.47 Å². The molecule has 0 spiro atoms. The molecule has 0 fully saturated rings. The van der Waals surface area contributed by atoms with Crippen LogP contribution in [0.5, 0.6) is 11.5 Å². The molecule has 0 saturated carbocycles. The van der Waals surface area contributed by atoms with Crippen molar-refractivity contribution in [3.8, 4) is 11.5 Å². The maximum atomic E-state index is 11.0. The molecule has 2 aromatic carbocycles. The topological polar surface area (TPSA) is 93.1 Å². The molecule has 0 amide bonds. The van der Waals surface area contributed by atoms with Crippen LogP contribution in [0.1, 0.15) is 11.1 Å². The second-order valence-electron chi connectivity index (χ2n) is 4.84. The minimum absolute atomic E-state index is 0.254. The molecule has 2 rings (SSSR count). The van der Waals surface area contributed by atoms with Crippen molar-refractivity contribution in [2.24, 2.45) is 0 Å². The third-order valence-corrected chi connectivity index (χ3v) is 3.23. The fraction of sp³-hybridized carbons (Fsp3) is 0.111. The molecule has 6 heteroatoms. The highest BCUT2D eigenvalue weighted by atomic mass is 16.5. The number of rotatable bonds is 7. The predicted octanol–water partition coefficient (Wildman–Crippen LogP) is 2.83. The zero-order valence-corrected chi connectivity index (χ0v) is 12.9. The molecule has 0 aliphatic carbocycles. The Morgan fingerprint density at radius 2 is 1.62 bits per heavy atom. The van der Waals surface area contributed by atoms with E-state index in [-0.39, 0.29) is 6.61 Å². The van der Waals surface area contributed by atoms with Crippen molar-refractivity contribution in [2.75, 3.05) is 7.11 Å². The monoisotopic (exact) mass is 328 g/mol. The van der Waals surface area contributed by atoms with Crippen LogP contribution >= 0.6 is 0 Å². The van der Waals surface area contributed by atoms with Crippen molar-refractivity contribution in [1.82, 2.24) is 0 Å². The van der Waals surface area contributed by atoms with Gasteiger partial charge in [-0.2, -0.15) is 0 Å². The van der Waals surface area contributed by atoms with Crippen molar-refractivity contribution in [3.05, 3.63) is 65.2 Å². The van der Waals surface area contributed by atoms with E-state index in [0.29, 0.717) is 11.3 Å². The molecule has 2 aromatic rings. The fourth-order valence-electron chi connectivity index (χ4n) is 1.98. The van der Waals surface area contributed by atoms with Gasteiger partial charge in [-0.25, -0.2) is 9.59 Å². The number of aliphatic carboxylic acids is 2. The van der Waals surface area contributed by atoms with E-state index in [0.717, 1.165) is 17.4 Å². The van der Waals surface area contributed by atoms with Gasteiger partial charge in [0.2, 0.25) is 0 Å². The van der Waals surface area contributed by atoms with E-state index >= 15 is 0 Å². The van der Waals surface area contributed by atoms with Gasteiger partial charge in [-0.15, -0.1) is 0 Å². The minimum Gasteiger partial charge on any atom is -0.497 e. The Morgan fingerprint density at radius 1 is 1.00 bits per heavy atom. The van der Waals surface area contributed by atoms with E-state index in [1.807, 2.05) is 12.1 Å². The number of hydrogen-bond donors (Lipinski definition) is 2. The molecule has 0 saturated heterocycles. The Balaban J connectivity index is 2.20. The molecule has 0 atom stereocenters. The second-order valence-corrected chi connectivity index (χ2v) is 4.84. The number of carboxylic acids is 2. The van der Waals surface area contributed by atoms with Crippen molar-refractivity contribution < 1.29 is 29.3 Å². The molecule has 0 bridgehead atoms. The lowest BCUT2D eigenvalue weighted by molar-refractivity contribution is -0.140. The number of ether oxygens (including phenoxy) is 2. The van der Waals surface area contributed by atoms with Gasteiger partial charge in [-0.1, -0.05) is 30.3 Å². The molecule has 24 heavy (non-hydrogen) atoms. The van der Waals surface area contributed by atoms with Gasteiger partial charge in [0, 0.05) is 5.56 Å². The summed E-state index contributed by atoms with van der Waals surface area (Å²) in [6.07, 6.45) is 1.08. The molecule has 2 N–H and O–H groups in total. The summed E-state index contributed by atoms with van der Waals surface area (Å²) in [5.41, 5.74) is 0.549. The van der Waals surface area contributed by atoms with Gasteiger partial charge in [-0.05, 0) is 29.8 Å². The van der Waals surface area contributed by atoms with Gasteiger partial charge >= 0.3 is 11.9 Å². The molecule has 0 aliphatic heterocycles. The summed E-state index contributed by atoms with van der Waals surface area (Å²) in [4.78, 5) is 22.0. The molecule has 0 radical (unpaired) electrons. The highest BCUT2D eigenvalue weighted by Gasteiger charge is 2.16. The van der Waals surface area contributed by atoms with Crippen LogP contribution in [0.2, 0.25) is 0 Å². The standard InChI is InChI=1S/C18H16O6/c1-23-14-8-6-12(7-9-14)11-24-16-5-3-2-4-13(16)10-15(17(19)20)18(21)22/h2-10H,11H2,1H3,(H,19,20)(H,21,22). The van der Waals surface area contributed by atoms with E-state index in [1.54, 1.807) is 43.5 Å². The predicted molar refractivity (Wildman–Crippen MR) is 87.0 cm³/mol. The SMILES string of the molecule is COc1ccc(COc2ccccc2C=C(C(=O)O)C(=O)O)cc1. The van der Waals surface area contributed by atoms with E-state index < -0.39 is 17.5 Å². The van der Waals surface area contributed by atoms with Gasteiger partial charge in [0.05, 0.1) is 7.11 Å². The summed E-state index contributed by atoms with van der Waals surface area (Å²) in [6.45, 7) is 0.254. The first-order valence-corrected chi connectivity index (χ1v) is 7.04. The van der Waals surface area contributed by atoms with Crippen LogP contribution in [0.4, 0.5) is 0 Å². The van der Waals surface area contributed by atoms with E-state index in [9.17, 15) is 9.59 Å². The fourth-order valence-corrected chi connectivity index (χ4v) is 1.98. The Hall–Kier alpha value is -3.28. The Bertz CT molecular complexity index is 745. The van der Waals surface area contributed by atoms with Crippen LogP contribution in [-0.4, -0.2) is 29.3 Å². The minimum atomic E-state index is -1.51. The van der Waals surface area contributed by atoms with Crippen LogP contribution in [0.15, 0.2) is 54.1 Å². The van der Waals surface area contributed by atoms with Gasteiger partial charge < -0.3 is 19.7 Å². The lowest BCUT2D eigenvalue weighted by atomic mass is 10.1. The highest BCUT2D eigenvalue weighted by molar-refractivity contribution is 6.16. The first kappa shape index (κ1) is 17.1. The van der Waals surface area contributed by atoms with Crippen LogP contribution in [-0.2, 0) is 16.2 Å². The third kappa shape index (κ3) is 4.36. The number of carbonyl (C=O) groups is 2. The molecule has 124 valence electrons. The highest BCUT2D eigenvalue weighted by Crippen LogP contribution is 2.23. The van der Waals surface area contributed by atoms with Crippen molar-refractivity contribution in [3.63, 3.8) is 0 Å². The van der Waals surface area contributed by atoms with E-state index in [4.69, 9.17) is 19.7 Å². The summed E-state index contributed by atoms with van der Waals surface area (Å²) in [6, 6.07) is 13.9. The quantitative estimate of drug-likeness (QED) is 0.461. The van der Waals surface area contributed by atoms with Crippen LogP contribution in [0.3, 0.4) is 0 Å². The normalized spacial score (nSPS) is 9.88. The summed E-state index contributed by atoms with van der Waals surface area (Å²) < 4.78 is 10.8. The van der Waals surface area contributed by atoms with E-state index in [1.165, 1.54) is 0 Å². The van der Waals surface area contributed by atoms with Crippen LogP contribution in [0.25, 0.3) is 6.08 Å². The molecule has 6 nitrogen and oxygen atoms in total. The second kappa shape index (κ2) is 7.82. The third-order valence-electron chi connectivity index (χ3n) is 3.23. The molecule has 0 unspecified atom stereocenters. The summed E-state index contributed by atoms with van der Waals surface area (Å²) >= 11 is 0. The van der Waals surface area contributed by atoms with Gasteiger partial charge in [-0.3, -0.25) is 0 Å². The van der Waals surface area contributed by atoms with Crippen molar-refractivity contribution in [1.29, 1.82) is 0 Å². The molecule has 0 aliphatic rings. The number of para-hydroxylation sites is 1. The summed E-state index contributed by atoms with van der Waals surface area (Å²) in [5.74, 6) is -1.89. The Labute approximate surface area is 138 Å². The number of carboxylic acid groups (broad SMARTS) is 2. The lowest BCUT2D eigenvalue weighted by Gasteiger charge is -2.10. The van der Waals surface area contributed by atoms with Gasteiger partial charge in [0.25, 0.3) is 0 Å². The maximum Gasteiger partial charge on any atom is 0.343 e. The summed E-state index contributed by atoms with van der Waals surface area (Å²) in [7, 11) is 1.58. The zero-order valence-electron chi connectivity index (χ0n) is 12.9. The van der Waals surface area contributed by atoms with Gasteiger partial charge in [0.1, 0.15) is 23.7 Å². The molecular formula is C18H16O6. The summed E-state index contributed by atoms with van der Waals surface area (Å²) in [5, 5.41) is 17.9. The first-order chi connectivity index (χ1) is 11.5. The molecule has 0 heterocycles. The average Bonchev–Trinajstić information content (AvgIpc) is 2.58. The number of methoxy groups -OCH3 is 1. The van der Waals surface area contributed by atoms with Crippen molar-refractivity contribution in [2.45, 2.75) is 6.61 Å². The van der Waals surface area contributed by atoms with E-state index in [2.05, 4.69) is 0 Å². The molecule has 0 aromatic heterocycles. The number of hydrogen-bond acceptors (Lipinski definition) is 4. The number of benzene rings is 2. The average molecular weight is 328 g/mol. The zero-order chi connectivity index (χ0) is 17.5. The van der Waals surface area contributed by atoms with Gasteiger partial charge in [0.15, 0.2) is 0 Å². The smallest absolute Gasteiger partial charge is 0.343 e. The largest absolute Gasteiger partial charge is 0.497 e.